The lowest BCUT2D eigenvalue weighted by molar-refractivity contribution is 0.122. The summed E-state index contributed by atoms with van der Waals surface area (Å²) in [7, 11) is 2.14. The van der Waals surface area contributed by atoms with Crippen molar-refractivity contribution in [1.82, 2.24) is 4.90 Å². The molecule has 1 aromatic rings. The van der Waals surface area contributed by atoms with Crippen LogP contribution in [-0.4, -0.2) is 49.8 Å². The molecular formula is C15H24N2O. The van der Waals surface area contributed by atoms with Crippen LogP contribution in [0.2, 0.25) is 0 Å². The molecule has 0 bridgehead atoms. The van der Waals surface area contributed by atoms with E-state index in [1.165, 1.54) is 25.1 Å². The number of para-hydroxylation sites is 1. The molecule has 1 fully saturated rings. The van der Waals surface area contributed by atoms with E-state index in [2.05, 4.69) is 41.1 Å². The highest BCUT2D eigenvalue weighted by Gasteiger charge is 2.18. The Morgan fingerprint density at radius 1 is 1.33 bits per heavy atom. The van der Waals surface area contributed by atoms with Crippen molar-refractivity contribution in [2.24, 2.45) is 5.92 Å². The lowest BCUT2D eigenvalue weighted by Gasteiger charge is -2.33. The van der Waals surface area contributed by atoms with E-state index in [9.17, 15) is 5.11 Å². The van der Waals surface area contributed by atoms with Crippen LogP contribution in [0.3, 0.4) is 0 Å². The van der Waals surface area contributed by atoms with Gasteiger partial charge in [-0.1, -0.05) is 18.2 Å². The Bertz CT molecular complexity index is 342. The summed E-state index contributed by atoms with van der Waals surface area (Å²) in [6.45, 7) is 4.70. The Labute approximate surface area is 110 Å². The van der Waals surface area contributed by atoms with Crippen molar-refractivity contribution in [3.05, 3.63) is 30.3 Å². The number of benzene rings is 1. The highest BCUT2D eigenvalue weighted by molar-refractivity contribution is 5.44. The van der Waals surface area contributed by atoms with E-state index < -0.39 is 0 Å². The predicted octanol–water partition coefficient (Wildman–Crippen LogP) is 1.83. The summed E-state index contributed by atoms with van der Waals surface area (Å²) < 4.78 is 0. The highest BCUT2D eigenvalue weighted by atomic mass is 16.3. The van der Waals surface area contributed by atoms with Crippen LogP contribution in [0.5, 0.6) is 0 Å². The Hall–Kier alpha value is -1.06. The quantitative estimate of drug-likeness (QED) is 0.861. The van der Waals surface area contributed by atoms with Crippen LogP contribution in [0.1, 0.15) is 12.8 Å². The van der Waals surface area contributed by atoms with Crippen molar-refractivity contribution in [3.63, 3.8) is 0 Å². The summed E-state index contributed by atoms with van der Waals surface area (Å²) in [5.41, 5.74) is 1.27. The number of hydrogen-bond donors (Lipinski definition) is 1. The van der Waals surface area contributed by atoms with Gasteiger partial charge in [-0.3, -0.25) is 0 Å². The van der Waals surface area contributed by atoms with E-state index in [-0.39, 0.29) is 0 Å². The Morgan fingerprint density at radius 3 is 2.83 bits per heavy atom. The number of anilines is 1. The van der Waals surface area contributed by atoms with Gasteiger partial charge < -0.3 is 14.9 Å². The lowest BCUT2D eigenvalue weighted by atomic mass is 9.99. The molecule has 1 aliphatic heterocycles. The summed E-state index contributed by atoms with van der Waals surface area (Å²) >= 11 is 0. The van der Waals surface area contributed by atoms with E-state index >= 15 is 0 Å². The molecule has 3 nitrogen and oxygen atoms in total. The van der Waals surface area contributed by atoms with Gasteiger partial charge in [-0.05, 0) is 37.4 Å². The van der Waals surface area contributed by atoms with Crippen molar-refractivity contribution in [2.45, 2.75) is 12.8 Å². The van der Waals surface area contributed by atoms with E-state index in [4.69, 9.17) is 0 Å². The van der Waals surface area contributed by atoms with Gasteiger partial charge in [0.2, 0.25) is 0 Å². The Kier molecular flexibility index (Phi) is 5.02. The average molecular weight is 248 g/mol. The number of aliphatic hydroxyl groups excluding tert-OH is 1. The minimum atomic E-state index is 0.338. The maximum absolute atomic E-state index is 9.23. The normalized spacial score (nSPS) is 20.9. The van der Waals surface area contributed by atoms with Crippen LogP contribution in [0.4, 0.5) is 5.69 Å². The summed E-state index contributed by atoms with van der Waals surface area (Å²) in [6.07, 6.45) is 2.40. The molecule has 1 N–H and O–H groups in total. The highest BCUT2D eigenvalue weighted by Crippen LogP contribution is 2.16. The molecule has 0 radical (unpaired) electrons. The zero-order valence-corrected chi connectivity index (χ0v) is 11.3. The fourth-order valence-electron chi connectivity index (χ4n) is 2.61. The fraction of sp³-hybridized carbons (Fsp3) is 0.600. The van der Waals surface area contributed by atoms with Crippen molar-refractivity contribution in [2.75, 3.05) is 44.7 Å². The van der Waals surface area contributed by atoms with Gasteiger partial charge in [0, 0.05) is 39.0 Å². The molecule has 1 saturated heterocycles. The molecule has 1 heterocycles. The molecule has 0 aliphatic carbocycles. The van der Waals surface area contributed by atoms with Gasteiger partial charge in [0.15, 0.2) is 0 Å². The van der Waals surface area contributed by atoms with Gasteiger partial charge >= 0.3 is 0 Å². The maximum Gasteiger partial charge on any atom is 0.0471 e. The molecule has 0 aromatic heterocycles. The second-order valence-corrected chi connectivity index (χ2v) is 5.25. The molecule has 1 atom stereocenters. The van der Waals surface area contributed by atoms with Crippen LogP contribution in [0.25, 0.3) is 0 Å². The minimum absolute atomic E-state index is 0.338. The van der Waals surface area contributed by atoms with E-state index in [1.54, 1.807) is 0 Å². The SMILES string of the molecule is CN(CCN1CCCC(CO)C1)c1ccccc1. The second-order valence-electron chi connectivity index (χ2n) is 5.25. The standard InChI is InChI=1S/C15H24N2O/c1-16(15-7-3-2-4-8-15)10-11-17-9-5-6-14(12-17)13-18/h2-4,7-8,14,18H,5-6,9-13H2,1H3. The molecule has 0 saturated carbocycles. The average Bonchev–Trinajstić information content (AvgIpc) is 2.46. The molecule has 100 valence electrons. The first-order valence-electron chi connectivity index (χ1n) is 6.89. The van der Waals surface area contributed by atoms with Crippen LogP contribution in [-0.2, 0) is 0 Å². The summed E-state index contributed by atoms with van der Waals surface area (Å²) in [6, 6.07) is 10.5. The fourth-order valence-corrected chi connectivity index (χ4v) is 2.61. The van der Waals surface area contributed by atoms with E-state index in [0.717, 1.165) is 19.6 Å². The van der Waals surface area contributed by atoms with Crippen molar-refractivity contribution in [3.8, 4) is 0 Å². The summed E-state index contributed by atoms with van der Waals surface area (Å²) in [4.78, 5) is 4.77. The number of hydrogen-bond acceptors (Lipinski definition) is 3. The smallest absolute Gasteiger partial charge is 0.0471 e. The minimum Gasteiger partial charge on any atom is -0.396 e. The molecule has 1 unspecified atom stereocenters. The molecule has 1 aromatic carbocycles. The second kappa shape index (κ2) is 6.76. The third kappa shape index (κ3) is 3.72. The zero-order valence-electron chi connectivity index (χ0n) is 11.3. The van der Waals surface area contributed by atoms with Gasteiger partial charge in [0.25, 0.3) is 0 Å². The predicted molar refractivity (Wildman–Crippen MR) is 76.0 cm³/mol. The first-order valence-corrected chi connectivity index (χ1v) is 6.89. The molecular weight excluding hydrogens is 224 g/mol. The number of aliphatic hydroxyl groups is 1. The monoisotopic (exact) mass is 248 g/mol. The van der Waals surface area contributed by atoms with Crippen LogP contribution in [0, 0.1) is 5.92 Å². The maximum atomic E-state index is 9.23. The van der Waals surface area contributed by atoms with Crippen molar-refractivity contribution in [1.29, 1.82) is 0 Å². The Morgan fingerprint density at radius 2 is 2.11 bits per heavy atom. The third-order valence-corrected chi connectivity index (χ3v) is 3.81. The van der Waals surface area contributed by atoms with Crippen molar-refractivity contribution < 1.29 is 5.11 Å². The number of piperidine rings is 1. The summed E-state index contributed by atoms with van der Waals surface area (Å²) in [5.74, 6) is 0.487. The molecule has 2 rings (SSSR count). The first kappa shape index (κ1) is 13.4. The molecule has 1 aliphatic rings. The number of likely N-dealkylation sites (tertiary alicyclic amines) is 1. The van der Waals surface area contributed by atoms with Crippen LogP contribution in [0.15, 0.2) is 30.3 Å². The van der Waals surface area contributed by atoms with Crippen LogP contribution < -0.4 is 4.90 Å². The van der Waals surface area contributed by atoms with E-state index in [1.807, 2.05) is 6.07 Å². The molecule has 3 heteroatoms. The number of rotatable bonds is 5. The third-order valence-electron chi connectivity index (χ3n) is 3.81. The molecule has 0 amide bonds. The number of nitrogens with zero attached hydrogens (tertiary/aromatic N) is 2. The van der Waals surface area contributed by atoms with Crippen LogP contribution >= 0.6 is 0 Å². The largest absolute Gasteiger partial charge is 0.396 e. The first-order chi connectivity index (χ1) is 8.79. The van der Waals surface area contributed by atoms with E-state index in [0.29, 0.717) is 12.5 Å². The zero-order chi connectivity index (χ0) is 12.8. The van der Waals surface area contributed by atoms with Gasteiger partial charge in [-0.25, -0.2) is 0 Å². The summed E-state index contributed by atoms with van der Waals surface area (Å²) in [5, 5.41) is 9.23. The number of likely N-dealkylation sites (N-methyl/N-ethyl adjacent to an activating group) is 1. The van der Waals surface area contributed by atoms with Gasteiger partial charge in [0.1, 0.15) is 0 Å². The molecule has 18 heavy (non-hydrogen) atoms. The topological polar surface area (TPSA) is 26.7 Å². The van der Waals surface area contributed by atoms with Gasteiger partial charge in [-0.15, -0.1) is 0 Å². The van der Waals surface area contributed by atoms with Gasteiger partial charge in [0.05, 0.1) is 0 Å². The Balaban J connectivity index is 1.77. The van der Waals surface area contributed by atoms with Crippen molar-refractivity contribution >= 4 is 5.69 Å². The van der Waals surface area contributed by atoms with Gasteiger partial charge in [-0.2, -0.15) is 0 Å². The lowest BCUT2D eigenvalue weighted by Crippen LogP contribution is -2.40. The molecule has 0 spiro atoms.